The number of anilines is 1. The molecular weight excluding hydrogens is 386 g/mol. The number of hydrogen-bond acceptors (Lipinski definition) is 6. The minimum atomic E-state index is -0.367. The number of hydrogen-bond donors (Lipinski definition) is 1. The van der Waals surface area contributed by atoms with Crippen molar-refractivity contribution in [3.8, 4) is 12.1 Å². The Bertz CT molecular complexity index is 872. The zero-order valence-electron chi connectivity index (χ0n) is 14.7. The van der Waals surface area contributed by atoms with E-state index in [1.54, 1.807) is 19.1 Å². The van der Waals surface area contributed by atoms with E-state index in [1.165, 1.54) is 0 Å². The molecule has 1 aromatic rings. The van der Waals surface area contributed by atoms with Gasteiger partial charge in [0.25, 0.3) is 5.69 Å². The largest absolute Gasteiger partial charge is 0.278 e. The highest BCUT2D eigenvalue weighted by Gasteiger charge is 2.49. The highest BCUT2D eigenvalue weighted by atomic mass is 79.9. The summed E-state index contributed by atoms with van der Waals surface area (Å²) in [7, 11) is 0. The molecule has 1 aliphatic rings. The van der Waals surface area contributed by atoms with Crippen molar-refractivity contribution < 1.29 is 4.92 Å². The number of nitro groups is 1. The molecule has 0 amide bonds. The average molecular weight is 404 g/mol. The third-order valence-electron chi connectivity index (χ3n) is 4.57. The summed E-state index contributed by atoms with van der Waals surface area (Å²) in [5.41, 5.74) is 4.16. The quantitative estimate of drug-likeness (QED) is 0.454. The third-order valence-corrected chi connectivity index (χ3v) is 5.36. The molecule has 0 saturated heterocycles. The van der Waals surface area contributed by atoms with Crippen LogP contribution < -0.4 is 5.43 Å². The molecule has 130 valence electrons. The standard InChI is InChI=1S/C17H18BrN5O2/c1-9-14(22-21-10(6-19)7-20)13(18)11-12(15(9)23(24)25)17(4,5)8-16(11,2)3/h22H,8H2,1-5H3. The molecule has 0 radical (unpaired) electrons. The molecule has 1 aromatic carbocycles. The van der Waals surface area contributed by atoms with Gasteiger partial charge in [-0.2, -0.15) is 15.6 Å². The van der Waals surface area contributed by atoms with Gasteiger partial charge in [0.1, 0.15) is 12.1 Å². The Balaban J connectivity index is 2.86. The van der Waals surface area contributed by atoms with Crippen LogP contribution in [0.3, 0.4) is 0 Å². The second-order valence-corrected chi connectivity index (χ2v) is 8.20. The Labute approximate surface area is 154 Å². The van der Waals surface area contributed by atoms with Crippen molar-refractivity contribution >= 4 is 33.0 Å². The van der Waals surface area contributed by atoms with E-state index in [1.807, 2.05) is 27.7 Å². The maximum absolute atomic E-state index is 11.8. The molecule has 0 unspecified atom stereocenters. The summed E-state index contributed by atoms with van der Waals surface area (Å²) in [5.74, 6) is 0. The van der Waals surface area contributed by atoms with E-state index in [4.69, 9.17) is 10.5 Å². The van der Waals surface area contributed by atoms with Gasteiger partial charge in [-0.1, -0.05) is 27.7 Å². The predicted molar refractivity (Wildman–Crippen MR) is 98.5 cm³/mol. The normalized spacial score (nSPS) is 16.3. The first-order valence-electron chi connectivity index (χ1n) is 7.63. The van der Waals surface area contributed by atoms with Gasteiger partial charge in [-0.15, -0.1) is 0 Å². The van der Waals surface area contributed by atoms with Crippen LogP contribution in [-0.2, 0) is 10.8 Å². The van der Waals surface area contributed by atoms with Crippen LogP contribution in [0.15, 0.2) is 9.57 Å². The summed E-state index contributed by atoms with van der Waals surface area (Å²) < 4.78 is 0.681. The lowest BCUT2D eigenvalue weighted by molar-refractivity contribution is -0.386. The molecule has 0 fully saturated rings. The zero-order valence-corrected chi connectivity index (χ0v) is 16.3. The van der Waals surface area contributed by atoms with Crippen molar-refractivity contribution in [2.24, 2.45) is 5.10 Å². The van der Waals surface area contributed by atoms with Crippen LogP contribution >= 0.6 is 15.9 Å². The number of fused-ring (bicyclic) bond motifs is 1. The van der Waals surface area contributed by atoms with Crippen LogP contribution in [0, 0.1) is 39.7 Å². The van der Waals surface area contributed by atoms with Crippen molar-refractivity contribution in [3.63, 3.8) is 0 Å². The van der Waals surface area contributed by atoms with Gasteiger partial charge < -0.3 is 0 Å². The minimum absolute atomic E-state index is 0.0574. The summed E-state index contributed by atoms with van der Waals surface area (Å²) in [5, 5.41) is 33.2. The number of nitrogens with zero attached hydrogens (tertiary/aromatic N) is 4. The second-order valence-electron chi connectivity index (χ2n) is 7.41. The van der Waals surface area contributed by atoms with E-state index in [9.17, 15) is 10.1 Å². The molecule has 0 saturated carbocycles. The lowest BCUT2D eigenvalue weighted by Crippen LogP contribution is -2.18. The minimum Gasteiger partial charge on any atom is -0.275 e. The molecule has 0 atom stereocenters. The molecule has 0 aliphatic heterocycles. The number of nitriles is 2. The summed E-state index contributed by atoms with van der Waals surface area (Å²) >= 11 is 3.57. The lowest BCUT2D eigenvalue weighted by Gasteiger charge is -2.23. The number of benzene rings is 1. The highest BCUT2D eigenvalue weighted by Crippen LogP contribution is 2.57. The van der Waals surface area contributed by atoms with Crippen LogP contribution in [-0.4, -0.2) is 10.6 Å². The van der Waals surface area contributed by atoms with Gasteiger partial charge in [0, 0.05) is 10.0 Å². The van der Waals surface area contributed by atoms with Gasteiger partial charge in [0.15, 0.2) is 0 Å². The summed E-state index contributed by atoms with van der Waals surface area (Å²) in [4.78, 5) is 11.4. The number of hydrazone groups is 1. The SMILES string of the molecule is Cc1c(NN=C(C#N)C#N)c(Br)c2c(c1[N+](=O)[O-])C(C)(C)CC2(C)C. The van der Waals surface area contributed by atoms with Crippen molar-refractivity contribution in [2.75, 3.05) is 5.43 Å². The predicted octanol–water partition coefficient (Wildman–Crippen LogP) is 4.44. The first-order valence-corrected chi connectivity index (χ1v) is 8.42. The Morgan fingerprint density at radius 3 is 2.24 bits per heavy atom. The van der Waals surface area contributed by atoms with E-state index >= 15 is 0 Å². The second kappa shape index (κ2) is 6.12. The first kappa shape index (κ1) is 18.9. The molecule has 0 aromatic heterocycles. The first-order chi connectivity index (χ1) is 11.5. The van der Waals surface area contributed by atoms with Crippen molar-refractivity contribution in [1.82, 2.24) is 0 Å². The fourth-order valence-corrected chi connectivity index (χ4v) is 5.07. The van der Waals surface area contributed by atoms with Crippen LogP contribution in [0.4, 0.5) is 11.4 Å². The van der Waals surface area contributed by atoms with Gasteiger partial charge in [0.05, 0.1) is 16.2 Å². The fourth-order valence-electron chi connectivity index (χ4n) is 3.95. The molecule has 1 N–H and O–H groups in total. The highest BCUT2D eigenvalue weighted by molar-refractivity contribution is 9.10. The summed E-state index contributed by atoms with van der Waals surface area (Å²) in [6.07, 6.45) is 0.766. The zero-order chi connectivity index (χ0) is 19.2. The lowest BCUT2D eigenvalue weighted by atomic mass is 9.81. The number of halogens is 1. The Morgan fingerprint density at radius 1 is 1.24 bits per heavy atom. The van der Waals surface area contributed by atoms with Crippen LogP contribution in [0.2, 0.25) is 0 Å². The molecular formula is C17H18BrN5O2. The van der Waals surface area contributed by atoms with E-state index in [0.29, 0.717) is 15.7 Å². The molecule has 1 aliphatic carbocycles. The average Bonchev–Trinajstić information content (AvgIpc) is 2.67. The number of rotatable bonds is 3. The molecule has 0 heterocycles. The maximum atomic E-state index is 11.8. The topological polar surface area (TPSA) is 115 Å². The number of nitro benzene ring substituents is 1. The fraction of sp³-hybridized carbons (Fsp3) is 0.471. The maximum Gasteiger partial charge on any atom is 0.278 e. The van der Waals surface area contributed by atoms with Gasteiger partial charge in [-0.3, -0.25) is 15.5 Å². The van der Waals surface area contributed by atoms with Gasteiger partial charge in [-0.25, -0.2) is 0 Å². The van der Waals surface area contributed by atoms with Crippen LogP contribution in [0.5, 0.6) is 0 Å². The molecule has 25 heavy (non-hydrogen) atoms. The van der Waals surface area contributed by atoms with E-state index in [-0.39, 0.29) is 27.2 Å². The van der Waals surface area contributed by atoms with Crippen LogP contribution in [0.25, 0.3) is 0 Å². The third kappa shape index (κ3) is 2.98. The van der Waals surface area contributed by atoms with Gasteiger partial charge in [-0.05, 0) is 45.7 Å². The molecule has 7 nitrogen and oxygen atoms in total. The van der Waals surface area contributed by atoms with Gasteiger partial charge >= 0.3 is 0 Å². The Hall–Kier alpha value is -2.45. The molecule has 0 spiro atoms. The van der Waals surface area contributed by atoms with E-state index < -0.39 is 0 Å². The van der Waals surface area contributed by atoms with Crippen molar-refractivity contribution in [1.29, 1.82) is 10.5 Å². The monoisotopic (exact) mass is 403 g/mol. The van der Waals surface area contributed by atoms with Crippen LogP contribution in [0.1, 0.15) is 50.8 Å². The smallest absolute Gasteiger partial charge is 0.275 e. The van der Waals surface area contributed by atoms with Crippen molar-refractivity contribution in [2.45, 2.75) is 51.9 Å². The molecule has 8 heteroatoms. The molecule has 0 bridgehead atoms. The van der Waals surface area contributed by atoms with Gasteiger partial charge in [0.2, 0.25) is 5.71 Å². The number of nitrogens with one attached hydrogen (secondary N) is 1. The molecule has 2 rings (SSSR count). The van der Waals surface area contributed by atoms with E-state index in [0.717, 1.165) is 17.5 Å². The summed E-state index contributed by atoms with van der Waals surface area (Å²) in [6, 6.07) is 3.31. The Kier molecular flexibility index (Phi) is 4.63. The summed E-state index contributed by atoms with van der Waals surface area (Å²) in [6.45, 7) is 9.75. The van der Waals surface area contributed by atoms with Crippen molar-refractivity contribution in [3.05, 3.63) is 31.3 Å². The van der Waals surface area contributed by atoms with E-state index in [2.05, 4.69) is 26.5 Å². The Morgan fingerprint density at radius 2 is 1.76 bits per heavy atom.